The molecule has 2 aromatic rings. The number of carbonyl (C=O) groups excluding carboxylic acids is 2. The van der Waals surface area contributed by atoms with Gasteiger partial charge in [0.05, 0.1) is 5.69 Å². The maximum atomic E-state index is 12.9. The first-order valence-electron chi connectivity index (χ1n) is 8.65. The van der Waals surface area contributed by atoms with Crippen LogP contribution in [-0.4, -0.2) is 21.3 Å². The Hall–Kier alpha value is -2.67. The molecule has 0 atom stereocenters. The fourth-order valence-electron chi connectivity index (χ4n) is 3.15. The molecule has 0 spiro atoms. The Bertz CT molecular complexity index is 940. The van der Waals surface area contributed by atoms with Crippen LogP contribution in [0.15, 0.2) is 12.1 Å². The quantitative estimate of drug-likeness (QED) is 0.463. The van der Waals surface area contributed by atoms with E-state index in [2.05, 4.69) is 11.0 Å². The highest BCUT2D eigenvalue weighted by Crippen LogP contribution is 2.31. The van der Waals surface area contributed by atoms with E-state index >= 15 is 0 Å². The molecule has 1 heterocycles. The summed E-state index contributed by atoms with van der Waals surface area (Å²) in [6, 6.07) is 3.90. The number of nitrogens with zero attached hydrogens (tertiary/aromatic N) is 2. The molecule has 2 rings (SSSR count). The zero-order valence-electron chi connectivity index (χ0n) is 16.7. The van der Waals surface area contributed by atoms with Gasteiger partial charge in [0.2, 0.25) is 5.78 Å². The molecule has 1 aromatic heterocycles. The number of terminal acetylenes is 1. The Kier molecular flexibility index (Phi) is 5.23. The lowest BCUT2D eigenvalue weighted by Crippen LogP contribution is -2.26. The van der Waals surface area contributed by atoms with E-state index in [4.69, 9.17) is 6.42 Å². The summed E-state index contributed by atoms with van der Waals surface area (Å²) in [5, 5.41) is 4.61. The van der Waals surface area contributed by atoms with Crippen molar-refractivity contribution in [3.8, 4) is 23.6 Å². The number of hydrogen-bond donors (Lipinski definition) is 0. The molecule has 0 aliphatic carbocycles. The predicted octanol–water partition coefficient (Wildman–Crippen LogP) is 4.12. The molecule has 0 saturated carbocycles. The third-order valence-corrected chi connectivity index (χ3v) is 5.11. The summed E-state index contributed by atoms with van der Waals surface area (Å²) in [5.74, 6) is 1.70. The van der Waals surface area contributed by atoms with E-state index in [-0.39, 0.29) is 18.0 Å². The average molecular weight is 350 g/mol. The lowest BCUT2D eigenvalue weighted by Gasteiger charge is -2.20. The number of aromatic nitrogens is 2. The average Bonchev–Trinajstić information content (AvgIpc) is 2.81. The van der Waals surface area contributed by atoms with E-state index in [0.717, 1.165) is 33.6 Å². The molecule has 0 radical (unpaired) electrons. The second-order valence-corrected chi connectivity index (χ2v) is 7.62. The maximum Gasteiger partial charge on any atom is 0.211 e. The molecule has 0 amide bonds. The van der Waals surface area contributed by atoms with E-state index < -0.39 is 5.41 Å². The number of rotatable bonds is 5. The minimum absolute atomic E-state index is 0.0809. The summed E-state index contributed by atoms with van der Waals surface area (Å²) in [6.07, 6.45) is 5.32. The van der Waals surface area contributed by atoms with Gasteiger partial charge < -0.3 is 0 Å². The lowest BCUT2D eigenvalue weighted by atomic mass is 9.80. The third-order valence-electron chi connectivity index (χ3n) is 5.11. The Balaban J connectivity index is 2.52. The maximum absolute atomic E-state index is 12.9. The van der Waals surface area contributed by atoms with Crippen LogP contribution >= 0.6 is 0 Å². The van der Waals surface area contributed by atoms with E-state index in [1.165, 1.54) is 0 Å². The van der Waals surface area contributed by atoms with Crippen molar-refractivity contribution in [2.24, 2.45) is 12.5 Å². The van der Waals surface area contributed by atoms with Gasteiger partial charge in [0.15, 0.2) is 5.78 Å². The molecule has 0 unspecified atom stereocenters. The molecule has 4 nitrogen and oxygen atoms in total. The zero-order chi connectivity index (χ0) is 19.8. The van der Waals surface area contributed by atoms with Gasteiger partial charge in [-0.3, -0.25) is 14.3 Å². The van der Waals surface area contributed by atoms with Gasteiger partial charge in [-0.05, 0) is 56.4 Å². The molecule has 0 saturated heterocycles. The van der Waals surface area contributed by atoms with Crippen molar-refractivity contribution in [2.45, 2.75) is 48.0 Å². The first-order valence-corrected chi connectivity index (χ1v) is 8.65. The van der Waals surface area contributed by atoms with Crippen LogP contribution in [0.3, 0.4) is 0 Å². The van der Waals surface area contributed by atoms with Crippen LogP contribution in [0.4, 0.5) is 0 Å². The van der Waals surface area contributed by atoms with Gasteiger partial charge >= 0.3 is 0 Å². The molecular formula is C22H26N2O2. The highest BCUT2D eigenvalue weighted by Gasteiger charge is 2.30. The van der Waals surface area contributed by atoms with Crippen LogP contribution in [0.25, 0.3) is 11.3 Å². The van der Waals surface area contributed by atoms with Crippen molar-refractivity contribution in [2.75, 3.05) is 0 Å². The normalized spacial score (nSPS) is 11.3. The van der Waals surface area contributed by atoms with Gasteiger partial charge in [0.1, 0.15) is 0 Å². The Morgan fingerprint density at radius 1 is 1.15 bits per heavy atom. The van der Waals surface area contributed by atoms with Crippen molar-refractivity contribution in [1.29, 1.82) is 0 Å². The van der Waals surface area contributed by atoms with Crippen LogP contribution in [0.2, 0.25) is 0 Å². The highest BCUT2D eigenvalue weighted by molar-refractivity contribution is 6.05. The molecule has 0 bridgehead atoms. The summed E-state index contributed by atoms with van der Waals surface area (Å²) >= 11 is 0. The molecule has 0 aliphatic rings. The van der Waals surface area contributed by atoms with Crippen molar-refractivity contribution >= 4 is 11.6 Å². The molecule has 1 aromatic carbocycles. The molecule has 0 aliphatic heterocycles. The van der Waals surface area contributed by atoms with Gasteiger partial charge in [-0.25, -0.2) is 0 Å². The molecule has 0 fully saturated rings. The van der Waals surface area contributed by atoms with Crippen molar-refractivity contribution in [3.63, 3.8) is 0 Å². The van der Waals surface area contributed by atoms with E-state index in [1.54, 1.807) is 13.8 Å². The van der Waals surface area contributed by atoms with E-state index in [0.29, 0.717) is 5.56 Å². The molecular weight excluding hydrogens is 324 g/mol. The van der Waals surface area contributed by atoms with E-state index in [1.807, 2.05) is 51.6 Å². The van der Waals surface area contributed by atoms with Gasteiger partial charge in [0, 0.05) is 35.7 Å². The van der Waals surface area contributed by atoms with Crippen molar-refractivity contribution in [3.05, 3.63) is 40.1 Å². The van der Waals surface area contributed by atoms with Gasteiger partial charge in [0.25, 0.3) is 0 Å². The topological polar surface area (TPSA) is 52.0 Å². The fraction of sp³-hybridized carbons (Fsp3) is 0.409. The standard InChI is InChI=1S/C22H26N2O2/c1-9-20(26)22(6,7)12-19(25)17-11-18(14(3)10-13(17)2)21-15(4)16(5)24(8)23-21/h1,10-11H,12H2,2-8H3. The summed E-state index contributed by atoms with van der Waals surface area (Å²) in [6.45, 7) is 11.4. The van der Waals surface area contributed by atoms with Gasteiger partial charge in [-0.1, -0.05) is 19.9 Å². The van der Waals surface area contributed by atoms with E-state index in [9.17, 15) is 9.59 Å². The third kappa shape index (κ3) is 3.48. The van der Waals surface area contributed by atoms with Gasteiger partial charge in [-0.2, -0.15) is 5.10 Å². The number of Topliss-reactive ketones (excluding diaryl/α,β-unsaturated/α-hetero) is 2. The smallest absolute Gasteiger partial charge is 0.211 e. The fourth-order valence-corrected chi connectivity index (χ4v) is 3.15. The number of ketones is 2. The molecule has 4 heteroatoms. The lowest BCUT2D eigenvalue weighted by molar-refractivity contribution is -0.121. The van der Waals surface area contributed by atoms with Gasteiger partial charge in [-0.15, -0.1) is 6.42 Å². The van der Waals surface area contributed by atoms with Crippen LogP contribution < -0.4 is 0 Å². The van der Waals surface area contributed by atoms with Crippen LogP contribution in [0.1, 0.15) is 53.0 Å². The number of carbonyl (C=O) groups is 2. The monoisotopic (exact) mass is 350 g/mol. The van der Waals surface area contributed by atoms with Crippen LogP contribution in [0, 0.1) is 45.5 Å². The van der Waals surface area contributed by atoms with Crippen molar-refractivity contribution < 1.29 is 9.59 Å². The first kappa shape index (κ1) is 19.7. The molecule has 136 valence electrons. The Labute approximate surface area is 155 Å². The predicted molar refractivity (Wildman–Crippen MR) is 104 cm³/mol. The molecule has 26 heavy (non-hydrogen) atoms. The summed E-state index contributed by atoms with van der Waals surface area (Å²) in [7, 11) is 1.91. The largest absolute Gasteiger partial charge is 0.294 e. The Morgan fingerprint density at radius 2 is 1.77 bits per heavy atom. The van der Waals surface area contributed by atoms with Crippen LogP contribution in [0.5, 0.6) is 0 Å². The first-order chi connectivity index (χ1) is 12.0. The zero-order valence-corrected chi connectivity index (χ0v) is 16.7. The summed E-state index contributed by atoms with van der Waals surface area (Å²) < 4.78 is 1.85. The number of hydrogen-bond acceptors (Lipinski definition) is 3. The SMILES string of the molecule is C#CC(=O)C(C)(C)CC(=O)c1cc(-c2nn(C)c(C)c2C)c(C)cc1C. The minimum atomic E-state index is -0.874. The number of benzene rings is 1. The second kappa shape index (κ2) is 6.92. The summed E-state index contributed by atoms with van der Waals surface area (Å²) in [5.41, 5.74) is 5.72. The van der Waals surface area contributed by atoms with Crippen molar-refractivity contribution in [1.82, 2.24) is 9.78 Å². The summed E-state index contributed by atoms with van der Waals surface area (Å²) in [4.78, 5) is 24.8. The Morgan fingerprint density at radius 3 is 2.27 bits per heavy atom. The second-order valence-electron chi connectivity index (χ2n) is 7.62. The molecule has 0 N–H and O–H groups in total. The van der Waals surface area contributed by atoms with Crippen LogP contribution in [-0.2, 0) is 11.8 Å². The minimum Gasteiger partial charge on any atom is -0.294 e. The highest BCUT2D eigenvalue weighted by atomic mass is 16.1. The number of aryl methyl sites for hydroxylation is 3.